The fraction of sp³-hybridized carbons (Fsp3) is 0.400. The molecule has 6 nitrogen and oxygen atoms in total. The molecule has 136 valence electrons. The Hall–Kier alpha value is -2.94. The van der Waals surface area contributed by atoms with Crippen molar-refractivity contribution in [2.45, 2.75) is 39.0 Å². The Morgan fingerprint density at radius 3 is 2.65 bits per heavy atom. The van der Waals surface area contributed by atoms with Gasteiger partial charge in [0.05, 0.1) is 19.1 Å². The lowest BCUT2D eigenvalue weighted by Crippen LogP contribution is -2.27. The monoisotopic (exact) mass is 354 g/mol. The Bertz CT molecular complexity index is 833. The van der Waals surface area contributed by atoms with Gasteiger partial charge in [-0.25, -0.2) is 0 Å². The lowest BCUT2D eigenvalue weighted by atomic mass is 9.77. The van der Waals surface area contributed by atoms with Crippen LogP contribution in [-0.4, -0.2) is 19.0 Å². The number of ketones is 1. The Labute approximate surface area is 152 Å². The van der Waals surface area contributed by atoms with Gasteiger partial charge in [-0.05, 0) is 38.0 Å². The van der Waals surface area contributed by atoms with Crippen molar-refractivity contribution in [1.82, 2.24) is 0 Å². The normalized spacial score (nSPS) is 19.6. The third-order valence-electron chi connectivity index (χ3n) is 4.51. The maximum absolute atomic E-state index is 12.6. The highest BCUT2D eigenvalue weighted by atomic mass is 16.5. The number of carbonyl (C=O) groups is 1. The Morgan fingerprint density at radius 2 is 1.96 bits per heavy atom. The first kappa shape index (κ1) is 17.9. The Balaban J connectivity index is 2.13. The molecule has 1 atom stereocenters. The second kappa shape index (κ2) is 7.52. The highest BCUT2D eigenvalue weighted by Crippen LogP contribution is 2.45. The number of hydrogen-bond acceptors (Lipinski definition) is 6. The molecular formula is C20H22N2O4. The van der Waals surface area contributed by atoms with Crippen LogP contribution in [0.3, 0.4) is 0 Å². The summed E-state index contributed by atoms with van der Waals surface area (Å²) in [6.45, 7) is 4.78. The van der Waals surface area contributed by atoms with Crippen molar-refractivity contribution in [3.63, 3.8) is 0 Å². The summed E-state index contributed by atoms with van der Waals surface area (Å²) in [6.07, 6.45) is 1.83. The number of allylic oxidation sites excluding steroid dienone is 3. The van der Waals surface area contributed by atoms with Crippen LogP contribution in [-0.2, 0) is 9.53 Å². The van der Waals surface area contributed by atoms with Crippen molar-refractivity contribution in [3.05, 3.63) is 46.6 Å². The van der Waals surface area contributed by atoms with E-state index >= 15 is 0 Å². The number of hydrogen-bond donors (Lipinski definition) is 1. The van der Waals surface area contributed by atoms with Crippen LogP contribution in [0.2, 0.25) is 0 Å². The summed E-state index contributed by atoms with van der Waals surface area (Å²) in [5.41, 5.74) is 7.53. The van der Waals surface area contributed by atoms with Gasteiger partial charge in [-0.15, -0.1) is 0 Å². The minimum absolute atomic E-state index is 0.00310. The van der Waals surface area contributed by atoms with Gasteiger partial charge in [-0.1, -0.05) is 6.07 Å². The molecule has 0 aromatic heterocycles. The van der Waals surface area contributed by atoms with E-state index in [1.807, 2.05) is 26.0 Å². The third kappa shape index (κ3) is 3.13. The van der Waals surface area contributed by atoms with Crippen LogP contribution in [0.25, 0.3) is 0 Å². The average molecular weight is 354 g/mol. The molecule has 1 aliphatic heterocycles. The van der Waals surface area contributed by atoms with Crippen LogP contribution in [0.4, 0.5) is 0 Å². The highest BCUT2D eigenvalue weighted by molar-refractivity contribution is 5.99. The van der Waals surface area contributed by atoms with Crippen molar-refractivity contribution in [1.29, 1.82) is 5.26 Å². The molecule has 0 radical (unpaired) electrons. The Morgan fingerprint density at radius 1 is 1.23 bits per heavy atom. The number of rotatable bonds is 5. The maximum atomic E-state index is 12.6. The molecule has 1 aliphatic carbocycles. The molecule has 1 aromatic carbocycles. The number of nitrogens with zero attached hydrogens (tertiary/aromatic N) is 1. The zero-order valence-electron chi connectivity index (χ0n) is 15.0. The minimum Gasteiger partial charge on any atom is -0.490 e. The summed E-state index contributed by atoms with van der Waals surface area (Å²) in [5.74, 6) is 1.33. The molecule has 2 N–H and O–H groups in total. The number of nitriles is 1. The predicted molar refractivity (Wildman–Crippen MR) is 95.3 cm³/mol. The van der Waals surface area contributed by atoms with Gasteiger partial charge in [0.25, 0.3) is 0 Å². The largest absolute Gasteiger partial charge is 0.490 e. The number of ether oxygens (including phenoxy) is 3. The average Bonchev–Trinajstić information content (AvgIpc) is 2.62. The fourth-order valence-electron chi connectivity index (χ4n) is 3.44. The standard InChI is InChI=1S/C20H22N2O4/c1-3-24-15-9-8-12(10-17(15)25-4-2)18-13(11-21)20(22)26-16-7-5-6-14(23)19(16)18/h8-10,18H,3-7,22H2,1-2H3/t18-/m1/s1. The van der Waals surface area contributed by atoms with Crippen LogP contribution in [0.15, 0.2) is 41.0 Å². The number of nitrogens with two attached hydrogens (primary N) is 1. The van der Waals surface area contributed by atoms with Crippen molar-refractivity contribution in [2.75, 3.05) is 13.2 Å². The SMILES string of the molecule is CCOc1ccc([C@@H]2C(C#N)=C(N)OC3=C2C(=O)CCC3)cc1OCC. The van der Waals surface area contributed by atoms with E-state index in [0.29, 0.717) is 48.9 Å². The first-order valence-corrected chi connectivity index (χ1v) is 8.84. The molecule has 0 amide bonds. The first-order chi connectivity index (χ1) is 12.6. The molecule has 3 rings (SSSR count). The van der Waals surface area contributed by atoms with Crippen molar-refractivity contribution < 1.29 is 19.0 Å². The molecule has 0 bridgehead atoms. The molecule has 26 heavy (non-hydrogen) atoms. The summed E-state index contributed by atoms with van der Waals surface area (Å²) in [5, 5.41) is 9.62. The van der Waals surface area contributed by atoms with Crippen LogP contribution in [0.5, 0.6) is 11.5 Å². The predicted octanol–water partition coefficient (Wildman–Crippen LogP) is 3.30. The van der Waals surface area contributed by atoms with Gasteiger partial charge >= 0.3 is 0 Å². The Kier molecular flexibility index (Phi) is 5.17. The van der Waals surface area contributed by atoms with Crippen LogP contribution in [0, 0.1) is 11.3 Å². The molecule has 0 fully saturated rings. The smallest absolute Gasteiger partial charge is 0.205 e. The number of benzene rings is 1. The van der Waals surface area contributed by atoms with Crippen LogP contribution < -0.4 is 15.2 Å². The second-order valence-corrected chi connectivity index (χ2v) is 6.11. The highest BCUT2D eigenvalue weighted by Gasteiger charge is 2.38. The zero-order valence-corrected chi connectivity index (χ0v) is 15.0. The van der Waals surface area contributed by atoms with Gasteiger partial charge in [-0.3, -0.25) is 4.79 Å². The first-order valence-electron chi connectivity index (χ1n) is 8.84. The zero-order chi connectivity index (χ0) is 18.7. The van der Waals surface area contributed by atoms with E-state index in [2.05, 4.69) is 6.07 Å². The third-order valence-corrected chi connectivity index (χ3v) is 4.51. The van der Waals surface area contributed by atoms with E-state index in [9.17, 15) is 10.1 Å². The van der Waals surface area contributed by atoms with Gasteiger partial charge in [0.2, 0.25) is 5.88 Å². The summed E-state index contributed by atoms with van der Waals surface area (Å²) in [7, 11) is 0. The lowest BCUT2D eigenvalue weighted by molar-refractivity contribution is -0.116. The molecule has 0 spiro atoms. The molecule has 2 aliphatic rings. The molecule has 0 unspecified atom stereocenters. The summed E-state index contributed by atoms with van der Waals surface area (Å²) < 4.78 is 16.9. The van der Waals surface area contributed by atoms with E-state index in [0.717, 1.165) is 12.0 Å². The topological polar surface area (TPSA) is 94.6 Å². The molecule has 0 saturated heterocycles. The van der Waals surface area contributed by atoms with Gasteiger partial charge in [0.1, 0.15) is 17.4 Å². The summed E-state index contributed by atoms with van der Waals surface area (Å²) >= 11 is 0. The lowest BCUT2D eigenvalue weighted by Gasteiger charge is -2.31. The molecule has 1 aromatic rings. The molecule has 6 heteroatoms. The van der Waals surface area contributed by atoms with E-state index in [4.69, 9.17) is 19.9 Å². The molecule has 0 saturated carbocycles. The molecular weight excluding hydrogens is 332 g/mol. The fourth-order valence-corrected chi connectivity index (χ4v) is 3.44. The van der Waals surface area contributed by atoms with Gasteiger partial charge in [-0.2, -0.15) is 5.26 Å². The van der Waals surface area contributed by atoms with Gasteiger partial charge < -0.3 is 19.9 Å². The van der Waals surface area contributed by atoms with E-state index in [1.165, 1.54) is 0 Å². The number of carbonyl (C=O) groups excluding carboxylic acids is 1. The minimum atomic E-state index is -0.536. The number of Topliss-reactive ketones (excluding diaryl/α,β-unsaturated/α-hetero) is 1. The van der Waals surface area contributed by atoms with Crippen LogP contribution in [0.1, 0.15) is 44.6 Å². The van der Waals surface area contributed by atoms with Crippen molar-refractivity contribution >= 4 is 5.78 Å². The van der Waals surface area contributed by atoms with Gasteiger partial charge in [0, 0.05) is 18.4 Å². The maximum Gasteiger partial charge on any atom is 0.205 e. The summed E-state index contributed by atoms with van der Waals surface area (Å²) in [4.78, 5) is 12.6. The van der Waals surface area contributed by atoms with E-state index in [1.54, 1.807) is 6.07 Å². The van der Waals surface area contributed by atoms with E-state index < -0.39 is 5.92 Å². The van der Waals surface area contributed by atoms with Crippen molar-refractivity contribution in [2.24, 2.45) is 5.73 Å². The van der Waals surface area contributed by atoms with Crippen molar-refractivity contribution in [3.8, 4) is 17.6 Å². The molecule has 1 heterocycles. The van der Waals surface area contributed by atoms with Crippen LogP contribution >= 0.6 is 0 Å². The van der Waals surface area contributed by atoms with Gasteiger partial charge in [0.15, 0.2) is 17.3 Å². The quantitative estimate of drug-likeness (QED) is 0.872. The summed E-state index contributed by atoms with van der Waals surface area (Å²) in [6, 6.07) is 7.59. The van der Waals surface area contributed by atoms with E-state index in [-0.39, 0.29) is 17.2 Å². The second-order valence-electron chi connectivity index (χ2n) is 6.11.